The lowest BCUT2D eigenvalue weighted by molar-refractivity contribution is 0.0398. The molecule has 0 spiro atoms. The number of nitrogens with zero attached hydrogens (tertiary/aromatic N) is 3. The molecule has 0 atom stereocenters. The van der Waals surface area contributed by atoms with E-state index in [4.69, 9.17) is 27.9 Å². The first-order valence-corrected chi connectivity index (χ1v) is 9.00. The van der Waals surface area contributed by atoms with Crippen LogP contribution in [0.2, 0.25) is 10.0 Å². The number of morpholine rings is 1. The van der Waals surface area contributed by atoms with E-state index in [0.29, 0.717) is 27.2 Å². The van der Waals surface area contributed by atoms with Crippen LogP contribution in [-0.2, 0) is 4.74 Å². The van der Waals surface area contributed by atoms with Crippen molar-refractivity contribution in [2.45, 2.75) is 0 Å². The largest absolute Gasteiger partial charge is 0.379 e. The second-order valence-corrected chi connectivity index (χ2v) is 6.54. The van der Waals surface area contributed by atoms with Crippen molar-refractivity contribution >= 4 is 40.7 Å². The molecule has 2 N–H and O–H groups in total. The van der Waals surface area contributed by atoms with Gasteiger partial charge in [-0.1, -0.05) is 29.3 Å². The van der Waals surface area contributed by atoms with Gasteiger partial charge in [0, 0.05) is 38.6 Å². The van der Waals surface area contributed by atoms with Crippen LogP contribution in [0.5, 0.6) is 0 Å². The van der Waals surface area contributed by atoms with Crippen LogP contribution in [0, 0.1) is 0 Å². The maximum absolute atomic E-state index is 12.3. The van der Waals surface area contributed by atoms with Gasteiger partial charge in [0.2, 0.25) is 5.95 Å². The molecule has 2 aromatic rings. The Labute approximate surface area is 161 Å². The fraction of sp³-hybridized carbons (Fsp3) is 0.353. The van der Waals surface area contributed by atoms with Crippen LogP contribution in [0.3, 0.4) is 0 Å². The Morgan fingerprint density at radius 3 is 2.46 bits per heavy atom. The Kier molecular flexibility index (Phi) is 6.62. The van der Waals surface area contributed by atoms with Gasteiger partial charge in [0.1, 0.15) is 0 Å². The summed E-state index contributed by atoms with van der Waals surface area (Å²) in [6.45, 7) is 5.03. The summed E-state index contributed by atoms with van der Waals surface area (Å²) < 4.78 is 5.32. The van der Waals surface area contributed by atoms with Crippen molar-refractivity contribution in [3.63, 3.8) is 0 Å². The van der Waals surface area contributed by atoms with E-state index >= 15 is 0 Å². The number of carbonyl (C=O) groups excluding carboxylic acids is 1. The van der Waals surface area contributed by atoms with Gasteiger partial charge in [-0.3, -0.25) is 9.69 Å². The van der Waals surface area contributed by atoms with E-state index in [0.717, 1.165) is 39.4 Å². The molecule has 1 aliphatic rings. The average Bonchev–Trinajstić information content (AvgIpc) is 2.66. The molecule has 1 aliphatic heterocycles. The molecule has 7 nitrogen and oxygen atoms in total. The molecular weight excluding hydrogens is 377 g/mol. The number of hydrogen-bond donors (Lipinski definition) is 2. The maximum Gasteiger partial charge on any atom is 0.258 e. The van der Waals surface area contributed by atoms with Crippen molar-refractivity contribution in [1.29, 1.82) is 0 Å². The summed E-state index contributed by atoms with van der Waals surface area (Å²) in [5.74, 6) is 0.102. The summed E-state index contributed by atoms with van der Waals surface area (Å²) in [6, 6.07) is 5.02. The number of nitrogens with one attached hydrogen (secondary N) is 2. The highest BCUT2D eigenvalue weighted by Gasteiger charge is 2.13. The van der Waals surface area contributed by atoms with Crippen LogP contribution in [0.15, 0.2) is 30.6 Å². The number of ether oxygens (including phenoxy) is 1. The molecule has 1 saturated heterocycles. The van der Waals surface area contributed by atoms with Crippen LogP contribution < -0.4 is 10.6 Å². The van der Waals surface area contributed by atoms with Gasteiger partial charge in [-0.25, -0.2) is 9.97 Å². The minimum atomic E-state index is -0.375. The number of hydrogen-bond acceptors (Lipinski definition) is 6. The second-order valence-electron chi connectivity index (χ2n) is 5.73. The topological polar surface area (TPSA) is 79.4 Å². The molecule has 0 bridgehead atoms. The second kappa shape index (κ2) is 9.14. The molecule has 0 saturated carbocycles. The molecule has 1 fully saturated rings. The SMILES string of the molecule is O=C(Nc1c(Cl)cccc1Cl)c1cnc(NCCN2CCOCC2)nc1. The Morgan fingerprint density at radius 2 is 1.81 bits per heavy atom. The van der Waals surface area contributed by atoms with Crippen LogP contribution in [-0.4, -0.2) is 60.2 Å². The lowest BCUT2D eigenvalue weighted by Gasteiger charge is -2.26. The van der Waals surface area contributed by atoms with Crippen molar-refractivity contribution < 1.29 is 9.53 Å². The third kappa shape index (κ3) is 5.04. The minimum absolute atomic E-state index is 0.319. The predicted octanol–water partition coefficient (Wildman–Crippen LogP) is 2.78. The predicted molar refractivity (Wildman–Crippen MR) is 102 cm³/mol. The van der Waals surface area contributed by atoms with Crippen molar-refractivity contribution in [2.75, 3.05) is 50.0 Å². The quantitative estimate of drug-likeness (QED) is 0.782. The number of anilines is 2. The van der Waals surface area contributed by atoms with Crippen molar-refractivity contribution in [1.82, 2.24) is 14.9 Å². The van der Waals surface area contributed by atoms with Crippen LogP contribution >= 0.6 is 23.2 Å². The standard InChI is InChI=1S/C17H19Cl2N5O2/c18-13-2-1-3-14(19)15(13)23-16(25)12-10-21-17(22-11-12)20-4-5-24-6-8-26-9-7-24/h1-3,10-11H,4-9H2,(H,23,25)(H,20,21,22). The number of rotatable bonds is 6. The summed E-state index contributed by atoms with van der Waals surface area (Å²) in [5.41, 5.74) is 0.688. The molecule has 2 heterocycles. The smallest absolute Gasteiger partial charge is 0.258 e. The Bertz CT molecular complexity index is 731. The molecule has 0 unspecified atom stereocenters. The molecule has 9 heteroatoms. The van der Waals surface area contributed by atoms with Gasteiger partial charge in [-0.15, -0.1) is 0 Å². The molecule has 26 heavy (non-hydrogen) atoms. The highest BCUT2D eigenvalue weighted by molar-refractivity contribution is 6.40. The van der Waals surface area contributed by atoms with E-state index in [-0.39, 0.29) is 5.91 Å². The maximum atomic E-state index is 12.3. The van der Waals surface area contributed by atoms with Crippen LogP contribution in [0.4, 0.5) is 11.6 Å². The Morgan fingerprint density at radius 1 is 1.15 bits per heavy atom. The number of para-hydroxylation sites is 1. The van der Waals surface area contributed by atoms with Crippen molar-refractivity contribution in [2.24, 2.45) is 0 Å². The lowest BCUT2D eigenvalue weighted by Crippen LogP contribution is -2.39. The Balaban J connectivity index is 1.52. The molecule has 138 valence electrons. The van der Waals surface area contributed by atoms with E-state index in [2.05, 4.69) is 25.5 Å². The number of halogens is 2. The lowest BCUT2D eigenvalue weighted by atomic mass is 10.2. The number of carbonyl (C=O) groups is 1. The average molecular weight is 396 g/mol. The summed E-state index contributed by atoms with van der Waals surface area (Å²) in [7, 11) is 0. The molecule has 0 radical (unpaired) electrons. The fourth-order valence-electron chi connectivity index (χ4n) is 2.49. The molecule has 1 amide bonds. The highest BCUT2D eigenvalue weighted by Crippen LogP contribution is 2.30. The van der Waals surface area contributed by atoms with Crippen molar-refractivity contribution in [3.8, 4) is 0 Å². The van der Waals surface area contributed by atoms with E-state index in [1.165, 1.54) is 12.4 Å². The number of benzene rings is 1. The molecule has 1 aromatic heterocycles. The van der Waals surface area contributed by atoms with E-state index < -0.39 is 0 Å². The Hall–Kier alpha value is -1.93. The van der Waals surface area contributed by atoms with Crippen LogP contribution in [0.1, 0.15) is 10.4 Å². The first-order valence-electron chi connectivity index (χ1n) is 8.25. The van der Waals surface area contributed by atoms with Gasteiger partial charge in [0.15, 0.2) is 0 Å². The van der Waals surface area contributed by atoms with Crippen molar-refractivity contribution in [3.05, 3.63) is 46.2 Å². The van der Waals surface area contributed by atoms with Crippen LogP contribution in [0.25, 0.3) is 0 Å². The zero-order valence-electron chi connectivity index (χ0n) is 14.0. The summed E-state index contributed by atoms with van der Waals surface area (Å²) in [5, 5.41) is 6.56. The number of amides is 1. The first kappa shape index (κ1) is 18.8. The summed E-state index contributed by atoms with van der Waals surface area (Å²) >= 11 is 12.1. The van der Waals surface area contributed by atoms with Gasteiger partial charge in [0.05, 0.1) is 34.5 Å². The zero-order valence-corrected chi connectivity index (χ0v) is 15.6. The third-order valence-corrected chi connectivity index (χ3v) is 4.56. The van der Waals surface area contributed by atoms with Gasteiger partial charge < -0.3 is 15.4 Å². The van der Waals surface area contributed by atoms with Gasteiger partial charge in [0.25, 0.3) is 5.91 Å². The summed E-state index contributed by atoms with van der Waals surface area (Å²) in [4.78, 5) is 23.0. The third-order valence-electron chi connectivity index (χ3n) is 3.93. The van der Waals surface area contributed by atoms with Gasteiger partial charge in [-0.2, -0.15) is 0 Å². The molecular formula is C17H19Cl2N5O2. The minimum Gasteiger partial charge on any atom is -0.379 e. The first-order chi connectivity index (χ1) is 12.6. The fourth-order valence-corrected chi connectivity index (χ4v) is 2.98. The van der Waals surface area contributed by atoms with E-state index in [1.807, 2.05) is 0 Å². The van der Waals surface area contributed by atoms with Gasteiger partial charge in [-0.05, 0) is 12.1 Å². The molecule has 3 rings (SSSR count). The number of aromatic nitrogens is 2. The summed E-state index contributed by atoms with van der Waals surface area (Å²) in [6.07, 6.45) is 2.92. The monoisotopic (exact) mass is 395 g/mol. The van der Waals surface area contributed by atoms with E-state index in [1.54, 1.807) is 18.2 Å². The van der Waals surface area contributed by atoms with E-state index in [9.17, 15) is 4.79 Å². The van der Waals surface area contributed by atoms with Gasteiger partial charge >= 0.3 is 0 Å². The normalized spacial score (nSPS) is 14.8. The highest BCUT2D eigenvalue weighted by atomic mass is 35.5. The molecule has 1 aromatic carbocycles. The molecule has 0 aliphatic carbocycles. The zero-order chi connectivity index (χ0) is 18.4.